The lowest BCUT2D eigenvalue weighted by molar-refractivity contribution is -0.149. The van der Waals surface area contributed by atoms with Crippen molar-refractivity contribution in [3.63, 3.8) is 0 Å². The largest absolute Gasteiger partial charge is 0.511 e. The Kier molecular flexibility index (Phi) is 16.6. The predicted octanol–water partition coefficient (Wildman–Crippen LogP) is 4.67. The van der Waals surface area contributed by atoms with E-state index >= 15 is 0 Å². The van der Waals surface area contributed by atoms with Gasteiger partial charge in [0.25, 0.3) is 0 Å². The van der Waals surface area contributed by atoms with Crippen LogP contribution in [0.25, 0.3) is 0 Å². The van der Waals surface area contributed by atoms with Gasteiger partial charge in [-0.15, -0.1) is 0 Å². The Labute approximate surface area is 300 Å². The van der Waals surface area contributed by atoms with E-state index < -0.39 is 41.7 Å². The molecule has 0 spiro atoms. The number of rotatable bonds is 20. The molecule has 2 rings (SSSR count). The summed E-state index contributed by atoms with van der Waals surface area (Å²) in [6.45, 7) is 17.2. The molecule has 50 heavy (non-hydrogen) atoms. The summed E-state index contributed by atoms with van der Waals surface area (Å²) in [5.41, 5.74) is 5.97. The third-order valence-electron chi connectivity index (χ3n) is 10.5. The van der Waals surface area contributed by atoms with Gasteiger partial charge < -0.3 is 35.4 Å². The number of carbonyl (C=O) groups excluding carboxylic acids is 4. The Morgan fingerprint density at radius 3 is 2.20 bits per heavy atom. The van der Waals surface area contributed by atoms with Crippen LogP contribution in [0.15, 0.2) is 42.7 Å². The Bertz CT molecular complexity index is 1280. The molecule has 0 aromatic heterocycles. The van der Waals surface area contributed by atoms with Crippen LogP contribution in [-0.2, 0) is 35.1 Å². The van der Waals surface area contributed by atoms with Crippen molar-refractivity contribution in [1.29, 1.82) is 0 Å². The highest BCUT2D eigenvalue weighted by atomic mass is 16.5. The number of ketones is 1. The van der Waals surface area contributed by atoms with E-state index in [0.29, 0.717) is 19.4 Å². The molecule has 1 heterocycles. The molecule has 1 aromatic carbocycles. The van der Waals surface area contributed by atoms with Crippen LogP contribution >= 0.6 is 0 Å². The maximum atomic E-state index is 14.1. The van der Waals surface area contributed by atoms with E-state index in [2.05, 4.69) is 11.9 Å². The Balaban J connectivity index is 2.26. The van der Waals surface area contributed by atoms with Crippen LogP contribution in [0.3, 0.4) is 0 Å². The summed E-state index contributed by atoms with van der Waals surface area (Å²) < 4.78 is 11.9. The maximum Gasteiger partial charge on any atom is 0.226 e. The molecule has 1 aromatic rings. The molecule has 1 aliphatic heterocycles. The second-order valence-electron chi connectivity index (χ2n) is 15.0. The fourth-order valence-corrected chi connectivity index (χ4v) is 7.04. The molecule has 11 heteroatoms. The summed E-state index contributed by atoms with van der Waals surface area (Å²) in [7, 11) is 4.83. The summed E-state index contributed by atoms with van der Waals surface area (Å²) >= 11 is 0. The monoisotopic (exact) mass is 700 g/mol. The molecule has 1 fully saturated rings. The van der Waals surface area contributed by atoms with Crippen LogP contribution in [0.5, 0.6) is 0 Å². The van der Waals surface area contributed by atoms with E-state index in [0.717, 1.165) is 18.4 Å². The number of aliphatic hydroxyl groups excluding tert-OH is 1. The normalized spacial score (nSPS) is 19.2. The zero-order chi connectivity index (χ0) is 37.9. The minimum absolute atomic E-state index is 0.00825. The van der Waals surface area contributed by atoms with Crippen molar-refractivity contribution in [3.05, 3.63) is 48.2 Å². The second-order valence-corrected chi connectivity index (χ2v) is 15.0. The van der Waals surface area contributed by atoms with Crippen LogP contribution < -0.4 is 11.1 Å². The van der Waals surface area contributed by atoms with E-state index in [9.17, 15) is 24.3 Å². The molecule has 282 valence electrons. The molecule has 4 N–H and O–H groups in total. The number of amides is 3. The molecule has 3 amide bonds. The van der Waals surface area contributed by atoms with Crippen molar-refractivity contribution >= 4 is 23.5 Å². The van der Waals surface area contributed by atoms with Gasteiger partial charge >= 0.3 is 0 Å². The van der Waals surface area contributed by atoms with Crippen molar-refractivity contribution in [2.24, 2.45) is 29.4 Å². The lowest BCUT2D eigenvalue weighted by Gasteiger charge is -2.41. The number of aliphatic hydroxyl groups is 1. The predicted molar refractivity (Wildman–Crippen MR) is 196 cm³/mol. The minimum atomic E-state index is -1.05. The van der Waals surface area contributed by atoms with Gasteiger partial charge in [0.2, 0.25) is 17.7 Å². The van der Waals surface area contributed by atoms with Crippen molar-refractivity contribution < 1.29 is 33.8 Å². The number of nitrogens with zero attached hydrogens (tertiary/aromatic N) is 2. The van der Waals surface area contributed by atoms with E-state index in [1.165, 1.54) is 0 Å². The highest BCUT2D eigenvalue weighted by Crippen LogP contribution is 2.31. The summed E-state index contributed by atoms with van der Waals surface area (Å²) in [5, 5.41) is 13.2. The Morgan fingerprint density at radius 2 is 1.70 bits per heavy atom. The maximum absolute atomic E-state index is 14.1. The van der Waals surface area contributed by atoms with Crippen molar-refractivity contribution in [3.8, 4) is 0 Å². The molecule has 1 aliphatic rings. The second kappa shape index (κ2) is 19.4. The lowest BCUT2D eigenvalue weighted by atomic mass is 9.83. The minimum Gasteiger partial charge on any atom is -0.511 e. The van der Waals surface area contributed by atoms with Gasteiger partial charge in [0.1, 0.15) is 5.76 Å². The molecule has 0 unspecified atom stereocenters. The van der Waals surface area contributed by atoms with Crippen molar-refractivity contribution in [2.75, 3.05) is 27.8 Å². The van der Waals surface area contributed by atoms with Crippen LogP contribution in [0, 0.1) is 23.7 Å². The molecular weight excluding hydrogens is 636 g/mol. The van der Waals surface area contributed by atoms with E-state index in [1.807, 2.05) is 58.0 Å². The van der Waals surface area contributed by atoms with Gasteiger partial charge in [0.15, 0.2) is 5.78 Å². The molecule has 1 saturated heterocycles. The zero-order valence-corrected chi connectivity index (χ0v) is 32.1. The fourth-order valence-electron chi connectivity index (χ4n) is 7.04. The molecule has 0 radical (unpaired) electrons. The first-order valence-electron chi connectivity index (χ1n) is 18.0. The van der Waals surface area contributed by atoms with Crippen LogP contribution in [0.1, 0.15) is 86.1 Å². The lowest BCUT2D eigenvalue weighted by Crippen LogP contribution is -2.55. The van der Waals surface area contributed by atoms with Gasteiger partial charge in [-0.3, -0.25) is 19.2 Å². The topological polar surface area (TPSA) is 152 Å². The number of carbonyl (C=O) groups is 4. The third-order valence-corrected chi connectivity index (χ3v) is 10.5. The van der Waals surface area contributed by atoms with Gasteiger partial charge in [0, 0.05) is 40.2 Å². The van der Waals surface area contributed by atoms with Gasteiger partial charge in [0.05, 0.1) is 48.2 Å². The van der Waals surface area contributed by atoms with E-state index in [-0.39, 0.29) is 60.0 Å². The highest BCUT2D eigenvalue weighted by Gasteiger charge is 2.43. The average Bonchev–Trinajstić information content (AvgIpc) is 3.55. The standard InChI is InChI=1S/C39H64N4O7/c1-12-25(4)35(42(9)38(48)29(24(2)3)22-33(45)39(7,8)40)32(49-10)23-34(46)43-20-16-19-31(43)36(50-11)26(5)37(47)41-30(27(6)44)21-28-17-14-13-15-18-28/h13-15,17-18,24-26,29-32,35-36,44H,6,12,16,19-23,40H2,1-5,7-11H3,(H,41,47)/t25-,26+,29-,30-,31-,32+,35-,36+/m0/s1. The number of hydrogen-bond acceptors (Lipinski definition) is 8. The van der Waals surface area contributed by atoms with Crippen LogP contribution in [0.2, 0.25) is 0 Å². The number of methoxy groups -OCH3 is 2. The van der Waals surface area contributed by atoms with Crippen LogP contribution in [0.4, 0.5) is 0 Å². The SMILES string of the molecule is C=C(O)[C@H](Cc1ccccc1)NC(=O)[C@H](C)[C@@H](OC)[C@@H]1CCCN1C(=O)C[C@@H](OC)[C@H]([C@@H](C)CC)N(C)C(=O)[C@@H](CC(=O)C(C)(C)N)C(C)C. The number of ether oxygens (including phenoxy) is 2. The zero-order valence-electron chi connectivity index (χ0n) is 32.1. The number of likely N-dealkylation sites (N-methyl/N-ethyl adjacent to an activating group) is 1. The average molecular weight is 701 g/mol. The first-order chi connectivity index (χ1) is 23.4. The summed E-state index contributed by atoms with van der Waals surface area (Å²) in [6, 6.07) is 8.07. The van der Waals surface area contributed by atoms with Crippen LogP contribution in [-0.4, -0.2) is 102 Å². The fraction of sp³-hybridized carbons (Fsp3) is 0.692. The van der Waals surface area contributed by atoms with Gasteiger partial charge in [-0.25, -0.2) is 0 Å². The molecule has 0 bridgehead atoms. The van der Waals surface area contributed by atoms with E-state index in [4.69, 9.17) is 15.2 Å². The molecule has 8 atom stereocenters. The highest BCUT2D eigenvalue weighted by molar-refractivity contribution is 5.92. The third kappa shape index (κ3) is 11.4. The molecular formula is C39H64N4O7. The number of nitrogens with one attached hydrogen (secondary N) is 1. The quantitative estimate of drug-likeness (QED) is 0.166. The number of Topliss-reactive ketones (excluding diaryl/α,β-unsaturated/α-hetero) is 1. The Morgan fingerprint density at radius 1 is 1.08 bits per heavy atom. The Hall–Kier alpha value is -3.28. The molecule has 0 aliphatic carbocycles. The number of benzene rings is 1. The van der Waals surface area contributed by atoms with Crippen molar-refractivity contribution in [2.45, 2.75) is 123 Å². The summed E-state index contributed by atoms with van der Waals surface area (Å²) in [4.78, 5) is 58.0. The smallest absolute Gasteiger partial charge is 0.226 e. The van der Waals surface area contributed by atoms with Gasteiger partial charge in [-0.05, 0) is 50.5 Å². The van der Waals surface area contributed by atoms with Crippen molar-refractivity contribution in [1.82, 2.24) is 15.1 Å². The van der Waals surface area contributed by atoms with Gasteiger partial charge in [-0.2, -0.15) is 0 Å². The summed E-state index contributed by atoms with van der Waals surface area (Å²) in [5.74, 6) is -2.26. The first-order valence-corrected chi connectivity index (χ1v) is 18.0. The number of hydrogen-bond donors (Lipinski definition) is 3. The molecule has 0 saturated carbocycles. The number of nitrogens with two attached hydrogens (primary N) is 1. The first kappa shape index (κ1) is 42.9. The number of likely N-dealkylation sites (tertiary alicyclic amines) is 1. The summed E-state index contributed by atoms with van der Waals surface area (Å²) in [6.07, 6.45) is 1.39. The van der Waals surface area contributed by atoms with Gasteiger partial charge in [-0.1, -0.05) is 78.0 Å². The molecule has 11 nitrogen and oxygen atoms in total. The van der Waals surface area contributed by atoms with E-state index in [1.54, 1.807) is 51.8 Å².